The van der Waals surface area contributed by atoms with E-state index in [9.17, 15) is 14.0 Å². The predicted molar refractivity (Wildman–Crippen MR) is 85.5 cm³/mol. The van der Waals surface area contributed by atoms with Crippen LogP contribution >= 0.6 is 0 Å². The van der Waals surface area contributed by atoms with Gasteiger partial charge in [-0.05, 0) is 24.3 Å². The fourth-order valence-corrected chi connectivity index (χ4v) is 3.27. The van der Waals surface area contributed by atoms with Gasteiger partial charge in [0, 0.05) is 39.1 Å². The van der Waals surface area contributed by atoms with Crippen molar-refractivity contribution >= 4 is 17.5 Å². The lowest BCUT2D eigenvalue weighted by Gasteiger charge is -2.36. The molecule has 7 heteroatoms. The molecular weight excluding hydrogens is 311 g/mol. The van der Waals surface area contributed by atoms with Crippen LogP contribution in [0.2, 0.25) is 0 Å². The number of hydrogen-bond donors (Lipinski definition) is 0. The summed E-state index contributed by atoms with van der Waals surface area (Å²) < 4.78 is 13.0. The quantitative estimate of drug-likeness (QED) is 0.770. The molecule has 6 nitrogen and oxygen atoms in total. The Kier molecular flexibility index (Phi) is 4.88. The van der Waals surface area contributed by atoms with Gasteiger partial charge in [0.05, 0.1) is 24.2 Å². The van der Waals surface area contributed by atoms with Gasteiger partial charge in [-0.1, -0.05) is 0 Å². The first-order valence-electron chi connectivity index (χ1n) is 8.06. The molecule has 0 radical (unpaired) electrons. The number of rotatable bonds is 4. The van der Waals surface area contributed by atoms with Gasteiger partial charge in [0.25, 0.3) is 5.91 Å². The molecular formula is C17H19FN4O2. The molecule has 24 heavy (non-hydrogen) atoms. The number of carbonyl (C=O) groups excluding carboxylic acids is 2. The normalized spacial score (nSPS) is 22.8. The molecule has 1 atom stereocenters. The average molecular weight is 330 g/mol. The summed E-state index contributed by atoms with van der Waals surface area (Å²) in [6.07, 6.45) is 0.660. The van der Waals surface area contributed by atoms with E-state index in [1.165, 1.54) is 24.3 Å². The number of halogens is 1. The molecule has 2 aliphatic rings. The van der Waals surface area contributed by atoms with Crippen LogP contribution in [0.15, 0.2) is 24.3 Å². The Morgan fingerprint density at radius 3 is 2.42 bits per heavy atom. The molecule has 3 rings (SSSR count). The van der Waals surface area contributed by atoms with Crippen LogP contribution in [0.1, 0.15) is 12.8 Å². The summed E-state index contributed by atoms with van der Waals surface area (Å²) in [6.45, 7) is 3.72. The number of carbonyl (C=O) groups is 2. The van der Waals surface area contributed by atoms with Crippen LogP contribution < -0.4 is 4.90 Å². The maximum Gasteiger partial charge on any atom is 0.251 e. The van der Waals surface area contributed by atoms with Gasteiger partial charge in [0.2, 0.25) is 5.91 Å². The van der Waals surface area contributed by atoms with Crippen LogP contribution in [0.5, 0.6) is 0 Å². The molecule has 0 unspecified atom stereocenters. The number of benzene rings is 1. The second-order valence-electron chi connectivity index (χ2n) is 6.05. The van der Waals surface area contributed by atoms with Crippen LogP contribution in [0.3, 0.4) is 0 Å². The van der Waals surface area contributed by atoms with Gasteiger partial charge in [0.15, 0.2) is 0 Å². The molecule has 2 fully saturated rings. The van der Waals surface area contributed by atoms with E-state index in [-0.39, 0.29) is 18.2 Å². The van der Waals surface area contributed by atoms with E-state index in [2.05, 4.69) is 11.0 Å². The van der Waals surface area contributed by atoms with Crippen LogP contribution in [-0.4, -0.2) is 60.4 Å². The summed E-state index contributed by atoms with van der Waals surface area (Å²) in [4.78, 5) is 30.3. The maximum absolute atomic E-state index is 13.0. The Balaban J connectivity index is 1.64. The molecule has 2 heterocycles. The van der Waals surface area contributed by atoms with Gasteiger partial charge >= 0.3 is 0 Å². The highest BCUT2D eigenvalue weighted by atomic mass is 19.1. The van der Waals surface area contributed by atoms with Gasteiger partial charge in [-0.15, -0.1) is 0 Å². The number of nitriles is 1. The number of hydrogen-bond acceptors (Lipinski definition) is 5. The molecule has 1 aromatic rings. The van der Waals surface area contributed by atoms with E-state index < -0.39 is 11.9 Å². The third kappa shape index (κ3) is 3.30. The van der Waals surface area contributed by atoms with Crippen LogP contribution in [-0.2, 0) is 9.59 Å². The standard InChI is InChI=1S/C17H19FN4O2/c18-13-2-4-14(5-3-13)22-16(23)12-15(17(22)24)21-10-8-20(9-11-21)7-1-6-19/h2-5,15H,1,7-12H2/t15-/m1/s1. The molecule has 0 aromatic heterocycles. The third-order valence-electron chi connectivity index (χ3n) is 4.60. The average Bonchev–Trinajstić information content (AvgIpc) is 2.89. The lowest BCUT2D eigenvalue weighted by molar-refractivity contribution is -0.123. The first kappa shape index (κ1) is 16.6. The number of anilines is 1. The first-order chi connectivity index (χ1) is 11.6. The summed E-state index contributed by atoms with van der Waals surface area (Å²) >= 11 is 0. The van der Waals surface area contributed by atoms with Crippen molar-refractivity contribution < 1.29 is 14.0 Å². The Hall–Kier alpha value is -2.30. The van der Waals surface area contributed by atoms with Gasteiger partial charge < -0.3 is 0 Å². The SMILES string of the molecule is N#CCCN1CCN([C@@H]2CC(=O)N(c3ccc(F)cc3)C2=O)CC1. The number of nitrogens with zero attached hydrogens (tertiary/aromatic N) is 4. The van der Waals surface area contributed by atoms with E-state index in [1.54, 1.807) is 0 Å². The zero-order valence-corrected chi connectivity index (χ0v) is 13.3. The predicted octanol–water partition coefficient (Wildman–Crippen LogP) is 0.989. The largest absolute Gasteiger partial charge is 0.300 e. The molecule has 2 amide bonds. The number of amides is 2. The summed E-state index contributed by atoms with van der Waals surface area (Å²) in [5.74, 6) is -0.886. The minimum Gasteiger partial charge on any atom is -0.300 e. The van der Waals surface area contributed by atoms with Crippen molar-refractivity contribution in [2.24, 2.45) is 0 Å². The van der Waals surface area contributed by atoms with Gasteiger partial charge in [0.1, 0.15) is 5.82 Å². The van der Waals surface area contributed by atoms with Crippen molar-refractivity contribution in [2.75, 3.05) is 37.6 Å². The minimum atomic E-state index is -0.444. The summed E-state index contributed by atoms with van der Waals surface area (Å²) in [7, 11) is 0. The molecule has 0 aliphatic carbocycles. The molecule has 0 N–H and O–H groups in total. The van der Waals surface area contributed by atoms with Crippen molar-refractivity contribution in [3.8, 4) is 6.07 Å². The number of imide groups is 1. The van der Waals surface area contributed by atoms with Crippen molar-refractivity contribution in [3.05, 3.63) is 30.1 Å². The second kappa shape index (κ2) is 7.07. The molecule has 2 aliphatic heterocycles. The number of piperazine rings is 1. The lowest BCUT2D eigenvalue weighted by atomic mass is 10.1. The van der Waals surface area contributed by atoms with Crippen molar-refractivity contribution in [1.82, 2.24) is 9.80 Å². The fraction of sp³-hybridized carbons (Fsp3) is 0.471. The molecule has 2 saturated heterocycles. The Bertz CT molecular complexity index is 662. The topological polar surface area (TPSA) is 67.7 Å². The first-order valence-corrected chi connectivity index (χ1v) is 8.06. The van der Waals surface area contributed by atoms with E-state index in [4.69, 9.17) is 5.26 Å². The van der Waals surface area contributed by atoms with Crippen LogP contribution in [0.25, 0.3) is 0 Å². The second-order valence-corrected chi connectivity index (χ2v) is 6.05. The highest BCUT2D eigenvalue weighted by Crippen LogP contribution is 2.26. The zero-order chi connectivity index (χ0) is 17.1. The Morgan fingerprint density at radius 1 is 1.12 bits per heavy atom. The summed E-state index contributed by atoms with van der Waals surface area (Å²) in [5.41, 5.74) is 0.418. The minimum absolute atomic E-state index is 0.161. The summed E-state index contributed by atoms with van der Waals surface area (Å²) in [5, 5.41) is 8.64. The lowest BCUT2D eigenvalue weighted by Crippen LogP contribution is -2.52. The third-order valence-corrected chi connectivity index (χ3v) is 4.60. The zero-order valence-electron chi connectivity index (χ0n) is 13.3. The van der Waals surface area contributed by atoms with Gasteiger partial charge in [-0.2, -0.15) is 5.26 Å². The van der Waals surface area contributed by atoms with E-state index in [0.29, 0.717) is 25.2 Å². The van der Waals surface area contributed by atoms with Crippen molar-refractivity contribution in [2.45, 2.75) is 18.9 Å². The fourth-order valence-electron chi connectivity index (χ4n) is 3.27. The van der Waals surface area contributed by atoms with Crippen molar-refractivity contribution in [1.29, 1.82) is 5.26 Å². The molecule has 126 valence electrons. The van der Waals surface area contributed by atoms with Crippen LogP contribution in [0, 0.1) is 17.1 Å². The highest BCUT2D eigenvalue weighted by molar-refractivity contribution is 6.22. The molecule has 0 spiro atoms. The van der Waals surface area contributed by atoms with Crippen LogP contribution in [0.4, 0.5) is 10.1 Å². The van der Waals surface area contributed by atoms with Gasteiger partial charge in [-0.25, -0.2) is 9.29 Å². The van der Waals surface area contributed by atoms with Gasteiger partial charge in [-0.3, -0.25) is 19.4 Å². The van der Waals surface area contributed by atoms with E-state index in [1.807, 2.05) is 4.90 Å². The summed E-state index contributed by atoms with van der Waals surface area (Å²) in [6, 6.07) is 7.09. The molecule has 0 bridgehead atoms. The highest BCUT2D eigenvalue weighted by Gasteiger charge is 2.43. The Morgan fingerprint density at radius 2 is 1.79 bits per heavy atom. The maximum atomic E-state index is 13.0. The smallest absolute Gasteiger partial charge is 0.251 e. The van der Waals surface area contributed by atoms with E-state index >= 15 is 0 Å². The Labute approximate surface area is 140 Å². The molecule has 1 aromatic carbocycles. The monoisotopic (exact) mass is 330 g/mol. The van der Waals surface area contributed by atoms with Crippen molar-refractivity contribution in [3.63, 3.8) is 0 Å². The van der Waals surface area contributed by atoms with E-state index in [0.717, 1.165) is 24.5 Å². The molecule has 0 saturated carbocycles.